The Kier molecular flexibility index (Phi) is 3.60. The summed E-state index contributed by atoms with van der Waals surface area (Å²) in [5.74, 6) is 0. The predicted molar refractivity (Wildman–Crippen MR) is 75.7 cm³/mol. The third-order valence-electron chi connectivity index (χ3n) is 4.17. The van der Waals surface area contributed by atoms with Gasteiger partial charge in [-0.05, 0) is 49.9 Å². The molecule has 0 radical (unpaired) electrons. The van der Waals surface area contributed by atoms with Crippen molar-refractivity contribution in [2.24, 2.45) is 5.73 Å². The SMILES string of the molecule is NC1CCCCN(C2CC2)C1c1cccc(Cl)c1. The van der Waals surface area contributed by atoms with Crippen molar-refractivity contribution in [3.8, 4) is 0 Å². The molecule has 2 fully saturated rings. The number of nitrogens with zero attached hydrogens (tertiary/aromatic N) is 1. The van der Waals surface area contributed by atoms with Crippen LogP contribution < -0.4 is 5.73 Å². The minimum atomic E-state index is 0.242. The van der Waals surface area contributed by atoms with Gasteiger partial charge in [0.15, 0.2) is 0 Å². The fourth-order valence-corrected chi connectivity index (χ4v) is 3.36. The van der Waals surface area contributed by atoms with E-state index in [1.807, 2.05) is 12.1 Å². The van der Waals surface area contributed by atoms with Gasteiger partial charge in [-0.3, -0.25) is 4.90 Å². The van der Waals surface area contributed by atoms with Crippen LogP contribution in [0.4, 0.5) is 0 Å². The van der Waals surface area contributed by atoms with E-state index in [4.69, 9.17) is 17.3 Å². The van der Waals surface area contributed by atoms with Crippen molar-refractivity contribution in [1.82, 2.24) is 4.90 Å². The topological polar surface area (TPSA) is 29.3 Å². The van der Waals surface area contributed by atoms with Gasteiger partial charge in [-0.2, -0.15) is 0 Å². The Balaban J connectivity index is 1.92. The molecule has 3 heteroatoms. The van der Waals surface area contributed by atoms with Gasteiger partial charge in [-0.25, -0.2) is 0 Å². The Labute approximate surface area is 114 Å². The van der Waals surface area contributed by atoms with E-state index in [1.54, 1.807) is 0 Å². The van der Waals surface area contributed by atoms with E-state index in [0.717, 1.165) is 17.5 Å². The second-order valence-corrected chi connectivity index (χ2v) is 6.06. The first-order valence-electron chi connectivity index (χ1n) is 7.02. The molecular formula is C15H21ClN2. The molecule has 0 amide bonds. The van der Waals surface area contributed by atoms with E-state index < -0.39 is 0 Å². The highest BCUT2D eigenvalue weighted by Gasteiger charge is 2.38. The molecule has 18 heavy (non-hydrogen) atoms. The summed E-state index contributed by atoms with van der Waals surface area (Å²) in [4.78, 5) is 2.63. The maximum absolute atomic E-state index is 6.43. The normalized spacial score (nSPS) is 30.1. The van der Waals surface area contributed by atoms with Crippen LogP contribution in [0.1, 0.15) is 43.7 Å². The van der Waals surface area contributed by atoms with Crippen LogP contribution in [0.25, 0.3) is 0 Å². The molecule has 2 atom stereocenters. The molecule has 1 aliphatic carbocycles. The molecule has 2 nitrogen and oxygen atoms in total. The van der Waals surface area contributed by atoms with Crippen LogP contribution in [0.5, 0.6) is 0 Å². The van der Waals surface area contributed by atoms with Crippen molar-refractivity contribution in [3.63, 3.8) is 0 Å². The van der Waals surface area contributed by atoms with Crippen molar-refractivity contribution < 1.29 is 0 Å². The molecule has 0 bridgehead atoms. The Morgan fingerprint density at radius 1 is 1.17 bits per heavy atom. The summed E-state index contributed by atoms with van der Waals surface area (Å²) in [5.41, 5.74) is 7.73. The molecule has 2 aliphatic rings. The fourth-order valence-electron chi connectivity index (χ4n) is 3.16. The number of nitrogens with two attached hydrogens (primary N) is 1. The first kappa shape index (κ1) is 12.5. The van der Waals surface area contributed by atoms with Gasteiger partial charge in [0.2, 0.25) is 0 Å². The first-order valence-corrected chi connectivity index (χ1v) is 7.40. The standard InChI is InChI=1S/C15H21ClN2/c16-12-5-3-4-11(10-12)15-14(17)6-1-2-9-18(15)13-7-8-13/h3-5,10,13-15H,1-2,6-9,17H2. The maximum atomic E-state index is 6.43. The lowest BCUT2D eigenvalue weighted by Gasteiger charge is -2.34. The van der Waals surface area contributed by atoms with Gasteiger partial charge in [-0.1, -0.05) is 30.2 Å². The average molecular weight is 265 g/mol. The van der Waals surface area contributed by atoms with Crippen molar-refractivity contribution in [1.29, 1.82) is 0 Å². The Hall–Kier alpha value is -0.570. The molecule has 1 aromatic rings. The Morgan fingerprint density at radius 3 is 2.72 bits per heavy atom. The van der Waals surface area contributed by atoms with E-state index in [2.05, 4.69) is 17.0 Å². The monoisotopic (exact) mass is 264 g/mol. The zero-order valence-corrected chi connectivity index (χ0v) is 11.4. The van der Waals surface area contributed by atoms with Gasteiger partial charge in [-0.15, -0.1) is 0 Å². The van der Waals surface area contributed by atoms with E-state index in [-0.39, 0.29) is 6.04 Å². The Morgan fingerprint density at radius 2 is 2.00 bits per heavy atom. The van der Waals surface area contributed by atoms with Gasteiger partial charge in [0, 0.05) is 17.1 Å². The molecule has 1 heterocycles. The van der Waals surface area contributed by atoms with Crippen LogP contribution in [0, 0.1) is 0 Å². The van der Waals surface area contributed by atoms with Crippen LogP contribution in [0.3, 0.4) is 0 Å². The highest BCUT2D eigenvalue weighted by atomic mass is 35.5. The van der Waals surface area contributed by atoms with Gasteiger partial charge >= 0.3 is 0 Å². The molecule has 1 saturated heterocycles. The summed E-state index contributed by atoms with van der Waals surface area (Å²) in [6.07, 6.45) is 6.33. The molecule has 1 aromatic carbocycles. The highest BCUT2D eigenvalue weighted by molar-refractivity contribution is 6.30. The van der Waals surface area contributed by atoms with Gasteiger partial charge in [0.25, 0.3) is 0 Å². The number of halogens is 1. The maximum Gasteiger partial charge on any atom is 0.0502 e. The van der Waals surface area contributed by atoms with E-state index in [9.17, 15) is 0 Å². The second-order valence-electron chi connectivity index (χ2n) is 5.63. The number of hydrogen-bond acceptors (Lipinski definition) is 2. The second kappa shape index (κ2) is 5.20. The minimum absolute atomic E-state index is 0.242. The smallest absolute Gasteiger partial charge is 0.0502 e. The number of hydrogen-bond donors (Lipinski definition) is 1. The van der Waals surface area contributed by atoms with Gasteiger partial charge in [0.05, 0.1) is 6.04 Å². The molecular weight excluding hydrogens is 244 g/mol. The lowest BCUT2D eigenvalue weighted by atomic mass is 9.96. The lowest BCUT2D eigenvalue weighted by Crippen LogP contribution is -2.41. The average Bonchev–Trinajstić information content (AvgIpc) is 3.15. The zero-order valence-electron chi connectivity index (χ0n) is 10.7. The van der Waals surface area contributed by atoms with E-state index in [0.29, 0.717) is 6.04 Å². The summed E-state index contributed by atoms with van der Waals surface area (Å²) in [5, 5.41) is 0.819. The predicted octanol–water partition coefficient (Wildman–Crippen LogP) is 3.36. The van der Waals surface area contributed by atoms with Crippen LogP contribution >= 0.6 is 11.6 Å². The largest absolute Gasteiger partial charge is 0.326 e. The van der Waals surface area contributed by atoms with Crippen molar-refractivity contribution in [2.75, 3.05) is 6.54 Å². The molecule has 0 aromatic heterocycles. The van der Waals surface area contributed by atoms with E-state index in [1.165, 1.54) is 37.8 Å². The van der Waals surface area contributed by atoms with Gasteiger partial charge in [0.1, 0.15) is 0 Å². The number of rotatable bonds is 2. The first-order chi connectivity index (χ1) is 8.75. The third kappa shape index (κ3) is 2.56. The summed E-state index contributed by atoms with van der Waals surface area (Å²) in [7, 11) is 0. The van der Waals surface area contributed by atoms with Crippen molar-refractivity contribution in [2.45, 2.75) is 50.2 Å². The zero-order chi connectivity index (χ0) is 12.5. The molecule has 0 spiro atoms. The quantitative estimate of drug-likeness (QED) is 0.888. The summed E-state index contributed by atoms with van der Waals surface area (Å²) < 4.78 is 0. The highest BCUT2D eigenvalue weighted by Crippen LogP contribution is 2.39. The summed E-state index contributed by atoms with van der Waals surface area (Å²) >= 11 is 6.14. The minimum Gasteiger partial charge on any atom is -0.326 e. The molecule has 2 N–H and O–H groups in total. The molecule has 1 saturated carbocycles. The van der Waals surface area contributed by atoms with Crippen LogP contribution in [-0.4, -0.2) is 23.5 Å². The van der Waals surface area contributed by atoms with E-state index >= 15 is 0 Å². The molecule has 3 rings (SSSR count). The third-order valence-corrected chi connectivity index (χ3v) is 4.41. The summed E-state index contributed by atoms with van der Waals surface area (Å²) in [6, 6.07) is 9.61. The number of likely N-dealkylation sites (tertiary alicyclic amines) is 1. The molecule has 98 valence electrons. The van der Waals surface area contributed by atoms with Crippen LogP contribution in [0.2, 0.25) is 5.02 Å². The van der Waals surface area contributed by atoms with Crippen LogP contribution in [-0.2, 0) is 0 Å². The Bertz CT molecular complexity index is 417. The fraction of sp³-hybridized carbons (Fsp3) is 0.600. The lowest BCUT2D eigenvalue weighted by molar-refractivity contribution is 0.175. The molecule has 2 unspecified atom stereocenters. The molecule has 1 aliphatic heterocycles. The van der Waals surface area contributed by atoms with Crippen LogP contribution in [0.15, 0.2) is 24.3 Å². The van der Waals surface area contributed by atoms with Gasteiger partial charge < -0.3 is 5.73 Å². The van der Waals surface area contributed by atoms with Crippen molar-refractivity contribution >= 4 is 11.6 Å². The summed E-state index contributed by atoms with van der Waals surface area (Å²) in [6.45, 7) is 1.19. The van der Waals surface area contributed by atoms with Crippen molar-refractivity contribution in [3.05, 3.63) is 34.9 Å². The number of benzene rings is 1.